The zero-order valence-electron chi connectivity index (χ0n) is 26.4. The van der Waals surface area contributed by atoms with E-state index in [0.29, 0.717) is 47.2 Å². The van der Waals surface area contributed by atoms with Crippen molar-refractivity contribution in [2.45, 2.75) is 37.6 Å². The van der Waals surface area contributed by atoms with Crippen LogP contribution in [0.3, 0.4) is 0 Å². The summed E-state index contributed by atoms with van der Waals surface area (Å²) in [4.78, 5) is 22.8. The number of aliphatic hydroxyl groups excluding tert-OH is 1. The average molecular weight is 650 g/mol. The molecule has 0 aromatic heterocycles. The number of hydrogen-bond acceptors (Lipinski definition) is 9. The number of azide groups is 1. The highest BCUT2D eigenvalue weighted by atomic mass is 16.7. The molecule has 0 unspecified atom stereocenters. The second kappa shape index (κ2) is 14.8. The van der Waals surface area contributed by atoms with E-state index in [1.54, 1.807) is 19.2 Å². The summed E-state index contributed by atoms with van der Waals surface area (Å²) >= 11 is 0. The van der Waals surface area contributed by atoms with Gasteiger partial charge in [-0.25, -0.2) is 4.99 Å². The van der Waals surface area contributed by atoms with Crippen LogP contribution >= 0.6 is 0 Å². The molecular weight excluding hydrogens is 614 g/mol. The number of carbonyl (C=O) groups excluding carboxylic acids is 1. The minimum absolute atomic E-state index is 0.0409. The third-order valence-corrected chi connectivity index (χ3v) is 8.20. The van der Waals surface area contributed by atoms with Crippen molar-refractivity contribution in [1.29, 1.82) is 0 Å². The Morgan fingerprint density at radius 2 is 1.83 bits per heavy atom. The van der Waals surface area contributed by atoms with Crippen LogP contribution in [0, 0.1) is 0 Å². The molecule has 1 amide bonds. The minimum Gasteiger partial charge on any atom is -0.497 e. The van der Waals surface area contributed by atoms with Crippen LogP contribution in [0.4, 0.5) is 0 Å². The van der Waals surface area contributed by atoms with Crippen LogP contribution in [0.15, 0.2) is 101 Å². The zero-order valence-corrected chi connectivity index (χ0v) is 26.4. The maximum Gasteiger partial charge on any atom is 0.252 e. The minimum atomic E-state index is -1.49. The monoisotopic (exact) mass is 649 g/mol. The lowest BCUT2D eigenvalue weighted by Crippen LogP contribution is -2.49. The molecule has 0 radical (unpaired) electrons. The van der Waals surface area contributed by atoms with E-state index < -0.39 is 11.6 Å². The van der Waals surface area contributed by atoms with Gasteiger partial charge in [0.2, 0.25) is 12.7 Å². The van der Waals surface area contributed by atoms with Crippen molar-refractivity contribution in [1.82, 2.24) is 5.32 Å². The van der Waals surface area contributed by atoms with Crippen molar-refractivity contribution in [2.24, 2.45) is 10.1 Å². The highest BCUT2D eigenvalue weighted by molar-refractivity contribution is 6.01. The van der Waals surface area contributed by atoms with Crippen molar-refractivity contribution in [3.8, 4) is 23.0 Å². The lowest BCUT2D eigenvalue weighted by molar-refractivity contribution is -0.129. The van der Waals surface area contributed by atoms with E-state index in [0.717, 1.165) is 16.7 Å². The van der Waals surface area contributed by atoms with Crippen molar-refractivity contribution < 1.29 is 33.6 Å². The zero-order chi connectivity index (χ0) is 33.3. The first-order valence-corrected chi connectivity index (χ1v) is 15.5. The Balaban J connectivity index is 1.42. The van der Waals surface area contributed by atoms with Crippen LogP contribution in [-0.4, -0.2) is 49.6 Å². The molecule has 0 aliphatic carbocycles. The number of amides is 1. The third kappa shape index (κ3) is 7.00. The van der Waals surface area contributed by atoms with Gasteiger partial charge in [0.1, 0.15) is 11.5 Å². The normalized spacial score (nSPS) is 17.5. The molecule has 0 spiro atoms. The first-order valence-electron chi connectivity index (χ1n) is 15.5. The highest BCUT2D eigenvalue weighted by Gasteiger charge is 2.53. The van der Waals surface area contributed by atoms with Crippen LogP contribution in [-0.2, 0) is 29.0 Å². The summed E-state index contributed by atoms with van der Waals surface area (Å²) in [6, 6.07) is 27.7. The highest BCUT2D eigenvalue weighted by Crippen LogP contribution is 2.44. The number of hydrogen-bond donors (Lipinski definition) is 2. The Labute approximate surface area is 277 Å². The van der Waals surface area contributed by atoms with Gasteiger partial charge < -0.3 is 34.1 Å². The molecule has 6 rings (SSSR count). The summed E-state index contributed by atoms with van der Waals surface area (Å²) in [5.41, 5.74) is 11.3. The Kier molecular flexibility index (Phi) is 9.94. The number of carbonyl (C=O) groups is 1. The predicted molar refractivity (Wildman–Crippen MR) is 177 cm³/mol. The SMILES string of the molecule is COc1cccc([C@H]2OC(c3ccc(OCCCO)cc3)=N[C@@]2(Cc2ccccc2CN=[N+]=[N-])C(=O)NCc2ccc3c(c2)OCO3)c1. The number of aliphatic imine (C=N–C) groups is 1. The van der Waals surface area contributed by atoms with Gasteiger partial charge in [0, 0.05) is 36.5 Å². The van der Waals surface area contributed by atoms with Gasteiger partial charge in [-0.1, -0.05) is 47.6 Å². The molecular formula is C36H35N5O7. The molecule has 2 atom stereocenters. The summed E-state index contributed by atoms with van der Waals surface area (Å²) in [7, 11) is 1.58. The van der Waals surface area contributed by atoms with Crippen LogP contribution < -0.4 is 24.3 Å². The van der Waals surface area contributed by atoms with Crippen molar-refractivity contribution in [3.63, 3.8) is 0 Å². The van der Waals surface area contributed by atoms with Gasteiger partial charge in [-0.3, -0.25) is 4.79 Å². The molecule has 12 heteroatoms. The Hall–Kier alpha value is -5.71. The summed E-state index contributed by atoms with van der Waals surface area (Å²) in [6.45, 7) is 0.885. The third-order valence-electron chi connectivity index (χ3n) is 8.20. The predicted octanol–water partition coefficient (Wildman–Crippen LogP) is 5.81. The Morgan fingerprint density at radius 3 is 2.62 bits per heavy atom. The van der Waals surface area contributed by atoms with E-state index >= 15 is 0 Å². The number of rotatable bonds is 14. The van der Waals surface area contributed by atoms with Crippen LogP contribution in [0.1, 0.15) is 40.3 Å². The van der Waals surface area contributed by atoms with Crippen molar-refractivity contribution in [3.05, 3.63) is 129 Å². The number of methoxy groups -OCH3 is 1. The van der Waals surface area contributed by atoms with Gasteiger partial charge in [0.25, 0.3) is 5.91 Å². The molecule has 2 aliphatic heterocycles. The second-order valence-corrected chi connectivity index (χ2v) is 11.3. The molecule has 4 aromatic carbocycles. The van der Waals surface area contributed by atoms with Gasteiger partial charge in [-0.15, -0.1) is 0 Å². The number of nitrogens with one attached hydrogen (secondary N) is 1. The summed E-state index contributed by atoms with van der Waals surface area (Å²) < 4.78 is 28.9. The standard InChI is InChI=1S/C36H35N5O7/c1-44-30-9-4-8-26(19-30)33-36(20-27-6-2-3-7-28(27)22-39-41-37,35(43)38-21-24-10-15-31-32(18-24)47-23-46-31)40-34(48-33)25-11-13-29(14-12-25)45-17-5-16-42/h2-4,6-15,18-19,33,42H,5,16-17,20-23H2,1H3,(H,38,43)/t33-,36-/m1/s1. The summed E-state index contributed by atoms with van der Waals surface area (Å²) in [5, 5.41) is 16.0. The first kappa shape index (κ1) is 32.2. The number of nitrogens with zero attached hydrogens (tertiary/aromatic N) is 4. The molecule has 2 N–H and O–H groups in total. The number of fused-ring (bicyclic) bond motifs is 1. The maximum atomic E-state index is 14.7. The molecule has 0 saturated heterocycles. The lowest BCUT2D eigenvalue weighted by atomic mass is 9.80. The fourth-order valence-electron chi connectivity index (χ4n) is 5.76. The van der Waals surface area contributed by atoms with Crippen LogP contribution in [0.25, 0.3) is 10.4 Å². The quantitative estimate of drug-likeness (QED) is 0.0755. The van der Waals surface area contributed by atoms with Gasteiger partial charge in [-0.05, 0) is 76.3 Å². The average Bonchev–Trinajstić information content (AvgIpc) is 3.76. The van der Waals surface area contributed by atoms with E-state index in [2.05, 4.69) is 15.3 Å². The Morgan fingerprint density at radius 1 is 1.02 bits per heavy atom. The van der Waals surface area contributed by atoms with E-state index in [1.165, 1.54) is 0 Å². The number of aliphatic hydroxyl groups is 1. The summed E-state index contributed by atoms with van der Waals surface area (Å²) in [6.07, 6.45) is -0.192. The van der Waals surface area contributed by atoms with Crippen LogP contribution in [0.2, 0.25) is 0 Å². The first-order chi connectivity index (χ1) is 23.5. The lowest BCUT2D eigenvalue weighted by Gasteiger charge is -2.31. The van der Waals surface area contributed by atoms with E-state index in [9.17, 15) is 4.79 Å². The van der Waals surface area contributed by atoms with Gasteiger partial charge in [0.05, 0.1) is 20.3 Å². The molecule has 4 aromatic rings. The second-order valence-electron chi connectivity index (χ2n) is 11.3. The topological polar surface area (TPSA) is 157 Å². The fraction of sp³-hybridized carbons (Fsp3) is 0.278. The molecule has 0 saturated carbocycles. The smallest absolute Gasteiger partial charge is 0.252 e. The molecule has 2 heterocycles. The number of ether oxygens (including phenoxy) is 5. The van der Waals surface area contributed by atoms with Crippen molar-refractivity contribution in [2.75, 3.05) is 27.1 Å². The number of benzene rings is 4. The molecule has 2 aliphatic rings. The molecule has 0 bridgehead atoms. The van der Waals surface area contributed by atoms with E-state index in [-0.39, 0.29) is 44.7 Å². The van der Waals surface area contributed by atoms with Crippen molar-refractivity contribution >= 4 is 11.8 Å². The molecule has 0 fully saturated rings. The van der Waals surface area contributed by atoms with E-state index in [1.807, 2.05) is 78.9 Å². The van der Waals surface area contributed by atoms with E-state index in [4.69, 9.17) is 39.3 Å². The summed E-state index contributed by atoms with van der Waals surface area (Å²) in [5.74, 6) is 2.44. The molecule has 48 heavy (non-hydrogen) atoms. The molecule has 246 valence electrons. The molecule has 12 nitrogen and oxygen atoms in total. The van der Waals surface area contributed by atoms with Gasteiger partial charge in [0.15, 0.2) is 23.1 Å². The maximum absolute atomic E-state index is 14.7. The largest absolute Gasteiger partial charge is 0.497 e. The van der Waals surface area contributed by atoms with Gasteiger partial charge >= 0.3 is 0 Å². The Bertz CT molecular complexity index is 1840. The fourth-order valence-corrected chi connectivity index (χ4v) is 5.76. The van der Waals surface area contributed by atoms with Gasteiger partial charge in [-0.2, -0.15) is 0 Å². The van der Waals surface area contributed by atoms with Crippen LogP contribution in [0.5, 0.6) is 23.0 Å².